The molecule has 0 bridgehead atoms. The number of rotatable bonds is 2. The van der Waals surface area contributed by atoms with Gasteiger partial charge in [-0.2, -0.15) is 0 Å². The molecule has 1 aliphatic heterocycles. The van der Waals surface area contributed by atoms with E-state index in [0.29, 0.717) is 0 Å². The molecule has 0 amide bonds. The molecule has 0 radical (unpaired) electrons. The molecule has 0 aromatic carbocycles. The highest BCUT2D eigenvalue weighted by Crippen LogP contribution is 2.08. The van der Waals surface area contributed by atoms with Gasteiger partial charge in [-0.3, -0.25) is 4.98 Å². The summed E-state index contributed by atoms with van der Waals surface area (Å²) in [6.07, 6.45) is 7.25. The van der Waals surface area contributed by atoms with Crippen molar-refractivity contribution in [3.8, 4) is 0 Å². The normalized spacial score (nSPS) is 14.8. The first kappa shape index (κ1) is 9.00. The van der Waals surface area contributed by atoms with Crippen LogP contribution in [0, 0.1) is 6.92 Å². The van der Waals surface area contributed by atoms with Gasteiger partial charge in [-0.25, -0.2) is 0 Å². The number of nitrogens with zero attached hydrogens (tertiary/aromatic N) is 1. The third-order valence-corrected chi connectivity index (χ3v) is 2.19. The van der Waals surface area contributed by atoms with Crippen molar-refractivity contribution in [3.05, 3.63) is 53.5 Å². The van der Waals surface area contributed by atoms with Crippen molar-refractivity contribution in [1.29, 1.82) is 0 Å². The molecule has 2 nitrogen and oxygen atoms in total. The highest BCUT2D eigenvalue weighted by molar-refractivity contribution is 5.27. The highest BCUT2D eigenvalue weighted by atomic mass is 14.8. The Hall–Kier alpha value is -1.57. The first-order chi connectivity index (χ1) is 6.84. The Kier molecular flexibility index (Phi) is 2.63. The molecule has 0 fully saturated rings. The SMILES string of the molecule is Cc1cccc(CC2=CNCC=C2)n1. The van der Waals surface area contributed by atoms with E-state index < -0.39 is 0 Å². The molecule has 0 saturated carbocycles. The van der Waals surface area contributed by atoms with Gasteiger partial charge in [0.2, 0.25) is 0 Å². The minimum Gasteiger partial charge on any atom is -0.387 e. The summed E-state index contributed by atoms with van der Waals surface area (Å²) in [6.45, 7) is 2.96. The first-order valence-electron chi connectivity index (χ1n) is 4.86. The van der Waals surface area contributed by atoms with Crippen LogP contribution in [0.15, 0.2) is 42.1 Å². The molecule has 1 aromatic rings. The maximum Gasteiger partial charge on any atom is 0.0451 e. The van der Waals surface area contributed by atoms with Crippen LogP contribution in [0.1, 0.15) is 11.4 Å². The molecule has 0 aliphatic carbocycles. The van der Waals surface area contributed by atoms with E-state index in [2.05, 4.69) is 40.8 Å². The Labute approximate surface area is 84.4 Å². The Balaban J connectivity index is 2.10. The van der Waals surface area contributed by atoms with E-state index in [1.807, 2.05) is 13.0 Å². The van der Waals surface area contributed by atoms with Crippen LogP contribution >= 0.6 is 0 Å². The number of hydrogen-bond acceptors (Lipinski definition) is 2. The minimum atomic E-state index is 0.908. The molecule has 0 saturated heterocycles. The second-order valence-corrected chi connectivity index (χ2v) is 3.48. The van der Waals surface area contributed by atoms with Crippen molar-refractivity contribution >= 4 is 0 Å². The van der Waals surface area contributed by atoms with Gasteiger partial charge in [0, 0.05) is 30.6 Å². The molecular weight excluding hydrogens is 172 g/mol. The Morgan fingerprint density at radius 2 is 2.36 bits per heavy atom. The van der Waals surface area contributed by atoms with Crippen LogP contribution in [0.5, 0.6) is 0 Å². The highest BCUT2D eigenvalue weighted by Gasteiger charge is 2.00. The summed E-state index contributed by atoms with van der Waals surface area (Å²) >= 11 is 0. The standard InChI is InChI=1S/C12H14N2/c1-10-4-2-6-12(14-10)8-11-5-3-7-13-9-11/h2-6,9,13H,7-8H2,1H3. The van der Waals surface area contributed by atoms with E-state index in [4.69, 9.17) is 0 Å². The van der Waals surface area contributed by atoms with Crippen LogP contribution in [0.2, 0.25) is 0 Å². The van der Waals surface area contributed by atoms with Gasteiger partial charge in [0.15, 0.2) is 0 Å². The molecule has 1 N–H and O–H groups in total. The Morgan fingerprint density at radius 3 is 3.07 bits per heavy atom. The van der Waals surface area contributed by atoms with Gasteiger partial charge in [-0.1, -0.05) is 18.2 Å². The quantitative estimate of drug-likeness (QED) is 0.764. The molecule has 14 heavy (non-hydrogen) atoms. The predicted octanol–water partition coefficient (Wildman–Crippen LogP) is 1.98. The molecular formula is C12H14N2. The lowest BCUT2D eigenvalue weighted by molar-refractivity contribution is 0.926. The summed E-state index contributed by atoms with van der Waals surface area (Å²) in [5, 5.41) is 3.19. The molecule has 2 heteroatoms. The number of pyridine rings is 1. The van der Waals surface area contributed by atoms with Crippen LogP contribution in [-0.4, -0.2) is 11.5 Å². The van der Waals surface area contributed by atoms with E-state index in [1.165, 1.54) is 5.57 Å². The van der Waals surface area contributed by atoms with E-state index >= 15 is 0 Å². The maximum absolute atomic E-state index is 4.46. The zero-order valence-corrected chi connectivity index (χ0v) is 8.33. The average molecular weight is 186 g/mol. The Morgan fingerprint density at radius 1 is 1.43 bits per heavy atom. The molecule has 1 aromatic heterocycles. The second-order valence-electron chi connectivity index (χ2n) is 3.48. The maximum atomic E-state index is 4.46. The molecule has 2 rings (SSSR count). The van der Waals surface area contributed by atoms with Crippen molar-refractivity contribution in [2.45, 2.75) is 13.3 Å². The summed E-state index contributed by atoms with van der Waals surface area (Å²) < 4.78 is 0. The van der Waals surface area contributed by atoms with Crippen LogP contribution < -0.4 is 5.32 Å². The number of allylic oxidation sites excluding steroid dienone is 2. The summed E-state index contributed by atoms with van der Waals surface area (Å²) in [5.41, 5.74) is 3.50. The summed E-state index contributed by atoms with van der Waals surface area (Å²) in [5.74, 6) is 0. The zero-order chi connectivity index (χ0) is 9.80. The Bertz CT molecular complexity index is 378. The number of aryl methyl sites for hydroxylation is 1. The first-order valence-corrected chi connectivity index (χ1v) is 4.86. The summed E-state index contributed by atoms with van der Waals surface area (Å²) in [6, 6.07) is 6.14. The van der Waals surface area contributed by atoms with Crippen LogP contribution in [0.25, 0.3) is 0 Å². The summed E-state index contributed by atoms with van der Waals surface area (Å²) in [7, 11) is 0. The fourth-order valence-corrected chi connectivity index (χ4v) is 1.53. The lowest BCUT2D eigenvalue weighted by Crippen LogP contribution is -2.10. The van der Waals surface area contributed by atoms with Gasteiger partial charge in [0.1, 0.15) is 0 Å². The molecule has 0 unspecified atom stereocenters. The van der Waals surface area contributed by atoms with E-state index in [1.54, 1.807) is 0 Å². The van der Waals surface area contributed by atoms with Gasteiger partial charge < -0.3 is 5.32 Å². The third-order valence-electron chi connectivity index (χ3n) is 2.19. The summed E-state index contributed by atoms with van der Waals surface area (Å²) in [4.78, 5) is 4.46. The smallest absolute Gasteiger partial charge is 0.0451 e. The van der Waals surface area contributed by atoms with Gasteiger partial charge >= 0.3 is 0 Å². The third kappa shape index (κ3) is 2.22. The lowest BCUT2D eigenvalue weighted by atomic mass is 10.1. The lowest BCUT2D eigenvalue weighted by Gasteiger charge is -2.08. The molecule has 2 heterocycles. The fraction of sp³-hybridized carbons (Fsp3) is 0.250. The molecule has 1 aliphatic rings. The number of aromatic nitrogens is 1. The van der Waals surface area contributed by atoms with E-state index in [9.17, 15) is 0 Å². The van der Waals surface area contributed by atoms with Gasteiger partial charge in [0.05, 0.1) is 0 Å². The van der Waals surface area contributed by atoms with Crippen molar-refractivity contribution in [2.24, 2.45) is 0 Å². The predicted molar refractivity (Wildman–Crippen MR) is 57.9 cm³/mol. The zero-order valence-electron chi connectivity index (χ0n) is 8.33. The van der Waals surface area contributed by atoms with Gasteiger partial charge in [0.25, 0.3) is 0 Å². The largest absolute Gasteiger partial charge is 0.387 e. The van der Waals surface area contributed by atoms with Gasteiger partial charge in [-0.05, 0) is 24.6 Å². The monoisotopic (exact) mass is 186 g/mol. The van der Waals surface area contributed by atoms with Crippen LogP contribution in [-0.2, 0) is 6.42 Å². The molecule has 0 spiro atoms. The van der Waals surface area contributed by atoms with Crippen molar-refractivity contribution < 1.29 is 0 Å². The number of hydrogen-bond donors (Lipinski definition) is 1. The van der Waals surface area contributed by atoms with Crippen molar-refractivity contribution in [1.82, 2.24) is 10.3 Å². The second kappa shape index (κ2) is 4.09. The molecule has 0 atom stereocenters. The average Bonchev–Trinajstić information content (AvgIpc) is 2.19. The number of dihydropyridines is 1. The topological polar surface area (TPSA) is 24.9 Å². The van der Waals surface area contributed by atoms with Gasteiger partial charge in [-0.15, -0.1) is 0 Å². The van der Waals surface area contributed by atoms with Crippen LogP contribution in [0.4, 0.5) is 0 Å². The fourth-order valence-electron chi connectivity index (χ4n) is 1.53. The van der Waals surface area contributed by atoms with E-state index in [-0.39, 0.29) is 0 Å². The molecule has 72 valence electrons. The van der Waals surface area contributed by atoms with Crippen LogP contribution in [0.3, 0.4) is 0 Å². The minimum absolute atomic E-state index is 0.908. The van der Waals surface area contributed by atoms with Crippen molar-refractivity contribution in [2.75, 3.05) is 6.54 Å². The number of nitrogens with one attached hydrogen (secondary N) is 1. The van der Waals surface area contributed by atoms with E-state index in [0.717, 1.165) is 24.4 Å². The van der Waals surface area contributed by atoms with Crippen molar-refractivity contribution in [3.63, 3.8) is 0 Å².